The van der Waals surface area contributed by atoms with Crippen LogP contribution in [0.5, 0.6) is 5.75 Å². The topological polar surface area (TPSA) is 9.23 Å². The minimum absolute atomic E-state index is 0.113. The fraction of sp³-hybridized carbons (Fsp3) is 0.0526. The molecular formula is C19H13BrF2O. The first-order valence-electron chi connectivity index (χ1n) is 7.06. The summed E-state index contributed by atoms with van der Waals surface area (Å²) in [5.41, 5.74) is 1.89. The first-order valence-corrected chi connectivity index (χ1v) is 7.85. The van der Waals surface area contributed by atoms with Crippen molar-refractivity contribution in [3.8, 4) is 16.9 Å². The lowest BCUT2D eigenvalue weighted by Gasteiger charge is -2.09. The molecule has 1 nitrogen and oxygen atoms in total. The molecule has 3 aromatic carbocycles. The van der Waals surface area contributed by atoms with Crippen molar-refractivity contribution in [3.63, 3.8) is 0 Å². The zero-order valence-electron chi connectivity index (χ0n) is 12.1. The van der Waals surface area contributed by atoms with Crippen molar-refractivity contribution in [1.29, 1.82) is 0 Å². The lowest BCUT2D eigenvalue weighted by atomic mass is 10.0. The highest BCUT2D eigenvalue weighted by Gasteiger charge is 2.13. The zero-order chi connectivity index (χ0) is 16.2. The number of hydrogen-bond donors (Lipinski definition) is 0. The molecular weight excluding hydrogens is 362 g/mol. The molecule has 0 spiro atoms. The van der Waals surface area contributed by atoms with Crippen molar-refractivity contribution in [2.75, 3.05) is 0 Å². The Morgan fingerprint density at radius 3 is 2.17 bits per heavy atom. The van der Waals surface area contributed by atoms with Gasteiger partial charge in [0.15, 0.2) is 11.6 Å². The van der Waals surface area contributed by atoms with Crippen LogP contribution in [-0.2, 0) is 6.61 Å². The fourth-order valence-electron chi connectivity index (χ4n) is 2.22. The number of ether oxygens (including phenoxy) is 1. The highest BCUT2D eigenvalue weighted by molar-refractivity contribution is 9.10. The maximum Gasteiger partial charge on any atom is 0.173 e. The van der Waals surface area contributed by atoms with Gasteiger partial charge in [0, 0.05) is 5.56 Å². The molecule has 3 rings (SSSR count). The summed E-state index contributed by atoms with van der Waals surface area (Å²) in [5, 5.41) is 0. The van der Waals surface area contributed by atoms with Crippen LogP contribution < -0.4 is 4.74 Å². The first kappa shape index (κ1) is 15.7. The Labute approximate surface area is 141 Å². The average molecular weight is 375 g/mol. The van der Waals surface area contributed by atoms with E-state index >= 15 is 0 Å². The summed E-state index contributed by atoms with van der Waals surface area (Å²) in [5.74, 6) is -1.07. The summed E-state index contributed by atoms with van der Waals surface area (Å²) in [6.07, 6.45) is 0. The molecule has 0 fully saturated rings. The maximum atomic E-state index is 14.0. The monoisotopic (exact) mass is 374 g/mol. The van der Waals surface area contributed by atoms with Crippen molar-refractivity contribution in [2.45, 2.75) is 6.61 Å². The van der Waals surface area contributed by atoms with E-state index < -0.39 is 11.6 Å². The van der Waals surface area contributed by atoms with Gasteiger partial charge in [-0.3, -0.25) is 0 Å². The van der Waals surface area contributed by atoms with Gasteiger partial charge < -0.3 is 4.74 Å². The highest BCUT2D eigenvalue weighted by atomic mass is 79.9. The number of hydrogen-bond acceptors (Lipinski definition) is 1. The van der Waals surface area contributed by atoms with Gasteiger partial charge in [-0.2, -0.15) is 0 Å². The van der Waals surface area contributed by atoms with Gasteiger partial charge >= 0.3 is 0 Å². The largest absolute Gasteiger partial charge is 0.489 e. The SMILES string of the molecule is Fc1c(Br)ccc(-c2ccc(OCc3ccccc3)cc2)c1F. The van der Waals surface area contributed by atoms with Crippen molar-refractivity contribution in [1.82, 2.24) is 0 Å². The minimum Gasteiger partial charge on any atom is -0.489 e. The smallest absolute Gasteiger partial charge is 0.173 e. The summed E-state index contributed by atoms with van der Waals surface area (Å²) in [7, 11) is 0. The third-order valence-electron chi connectivity index (χ3n) is 3.45. The van der Waals surface area contributed by atoms with Crippen LogP contribution in [0.2, 0.25) is 0 Å². The second-order valence-electron chi connectivity index (χ2n) is 5.02. The first-order chi connectivity index (χ1) is 11.1. The van der Waals surface area contributed by atoms with Crippen LogP contribution in [-0.4, -0.2) is 0 Å². The van der Waals surface area contributed by atoms with Gasteiger partial charge in [0.2, 0.25) is 0 Å². The lowest BCUT2D eigenvalue weighted by molar-refractivity contribution is 0.306. The van der Waals surface area contributed by atoms with Gasteiger partial charge in [-0.1, -0.05) is 48.5 Å². The van der Waals surface area contributed by atoms with Crippen LogP contribution in [0.4, 0.5) is 8.78 Å². The van der Waals surface area contributed by atoms with Gasteiger partial charge in [0.25, 0.3) is 0 Å². The highest BCUT2D eigenvalue weighted by Crippen LogP contribution is 2.29. The molecule has 0 aliphatic heterocycles. The van der Waals surface area contributed by atoms with Crippen LogP contribution in [0, 0.1) is 11.6 Å². The normalized spacial score (nSPS) is 10.6. The maximum absolute atomic E-state index is 14.0. The molecule has 0 unspecified atom stereocenters. The third-order valence-corrected chi connectivity index (χ3v) is 4.06. The molecule has 4 heteroatoms. The number of rotatable bonds is 4. The molecule has 0 N–H and O–H groups in total. The quantitative estimate of drug-likeness (QED) is 0.511. The predicted octanol–water partition coefficient (Wildman–Crippen LogP) is 5.97. The van der Waals surface area contributed by atoms with Crippen LogP contribution in [0.15, 0.2) is 71.2 Å². The summed E-state index contributed by atoms with van der Waals surface area (Å²) in [6.45, 7) is 0.460. The van der Waals surface area contributed by atoms with E-state index in [2.05, 4.69) is 15.9 Å². The molecule has 0 bridgehead atoms. The standard InChI is InChI=1S/C19H13BrF2O/c20-17-11-10-16(18(21)19(17)22)14-6-8-15(9-7-14)23-12-13-4-2-1-3-5-13/h1-11H,12H2. The summed E-state index contributed by atoms with van der Waals surface area (Å²) < 4.78 is 33.4. The van der Waals surface area contributed by atoms with Crippen molar-refractivity contribution < 1.29 is 13.5 Å². The summed E-state index contributed by atoms with van der Waals surface area (Å²) >= 11 is 2.97. The second-order valence-corrected chi connectivity index (χ2v) is 5.88. The zero-order valence-corrected chi connectivity index (χ0v) is 13.7. The summed E-state index contributed by atoms with van der Waals surface area (Å²) in [6, 6.07) is 19.8. The van der Waals surface area contributed by atoms with E-state index in [1.807, 2.05) is 30.3 Å². The molecule has 0 radical (unpaired) electrons. The number of benzene rings is 3. The van der Waals surface area contributed by atoms with Crippen molar-refractivity contribution >= 4 is 15.9 Å². The van der Waals surface area contributed by atoms with Crippen LogP contribution in [0.3, 0.4) is 0 Å². The molecule has 0 saturated heterocycles. The Kier molecular flexibility index (Phi) is 4.72. The van der Waals surface area contributed by atoms with E-state index in [9.17, 15) is 8.78 Å². The Morgan fingerprint density at radius 1 is 0.783 bits per heavy atom. The van der Waals surface area contributed by atoms with E-state index in [-0.39, 0.29) is 10.0 Å². The summed E-state index contributed by atoms with van der Waals surface area (Å²) in [4.78, 5) is 0. The minimum atomic E-state index is -0.882. The molecule has 3 aromatic rings. The molecule has 0 aliphatic rings. The Morgan fingerprint density at radius 2 is 1.48 bits per heavy atom. The van der Waals surface area contributed by atoms with Gasteiger partial charge in [0.05, 0.1) is 4.47 Å². The fourth-order valence-corrected chi connectivity index (χ4v) is 2.53. The van der Waals surface area contributed by atoms with Gasteiger partial charge in [-0.05, 0) is 45.3 Å². The Hall–Kier alpha value is -2.20. The molecule has 0 aliphatic carbocycles. The Bertz CT molecular complexity index is 802. The number of halogens is 3. The second kappa shape index (κ2) is 6.92. The van der Waals surface area contributed by atoms with Crippen LogP contribution in [0.1, 0.15) is 5.56 Å². The van der Waals surface area contributed by atoms with E-state index in [1.165, 1.54) is 6.07 Å². The van der Waals surface area contributed by atoms with E-state index in [4.69, 9.17) is 4.74 Å². The molecule has 0 amide bonds. The van der Waals surface area contributed by atoms with Crippen LogP contribution in [0.25, 0.3) is 11.1 Å². The van der Waals surface area contributed by atoms with Gasteiger partial charge in [-0.15, -0.1) is 0 Å². The van der Waals surface area contributed by atoms with Crippen molar-refractivity contribution in [3.05, 3.63) is 88.4 Å². The third kappa shape index (κ3) is 3.59. The molecule has 0 heterocycles. The lowest BCUT2D eigenvalue weighted by Crippen LogP contribution is -1.95. The molecule has 23 heavy (non-hydrogen) atoms. The average Bonchev–Trinajstić information content (AvgIpc) is 2.60. The Balaban J connectivity index is 1.76. The van der Waals surface area contributed by atoms with Crippen LogP contribution >= 0.6 is 15.9 Å². The van der Waals surface area contributed by atoms with Crippen molar-refractivity contribution in [2.24, 2.45) is 0 Å². The van der Waals surface area contributed by atoms with E-state index in [0.717, 1.165) is 5.56 Å². The predicted molar refractivity (Wildman–Crippen MR) is 90.3 cm³/mol. The molecule has 0 aromatic heterocycles. The van der Waals surface area contributed by atoms with Gasteiger partial charge in [-0.25, -0.2) is 8.78 Å². The van der Waals surface area contributed by atoms with E-state index in [0.29, 0.717) is 17.9 Å². The molecule has 116 valence electrons. The molecule has 0 atom stereocenters. The molecule has 0 saturated carbocycles. The van der Waals surface area contributed by atoms with E-state index in [1.54, 1.807) is 30.3 Å². The van der Waals surface area contributed by atoms with Gasteiger partial charge in [0.1, 0.15) is 12.4 Å².